The number of methoxy groups -OCH3 is 1. The Labute approximate surface area is 165 Å². The molecule has 1 aromatic heterocycles. The molecule has 2 aliphatic rings. The summed E-state index contributed by atoms with van der Waals surface area (Å²) in [5, 5.41) is 1.33. The highest BCUT2D eigenvalue weighted by Crippen LogP contribution is 2.44. The molecule has 2 atom stereocenters. The first kappa shape index (κ1) is 17.5. The minimum atomic E-state index is 0.131. The van der Waals surface area contributed by atoms with Crippen molar-refractivity contribution in [2.45, 2.75) is 44.3 Å². The lowest BCUT2D eigenvalue weighted by atomic mass is 9.86. The van der Waals surface area contributed by atoms with Crippen molar-refractivity contribution in [3.8, 4) is 0 Å². The molecule has 3 heterocycles. The van der Waals surface area contributed by atoms with Crippen LogP contribution in [0.4, 0.5) is 0 Å². The number of fused-ring (bicyclic) bond motifs is 5. The molecule has 3 aromatic rings. The number of para-hydroxylation sites is 1. The third-order valence-corrected chi connectivity index (χ3v) is 6.30. The van der Waals surface area contributed by atoms with Crippen LogP contribution in [0.1, 0.15) is 42.1 Å². The number of benzene rings is 2. The van der Waals surface area contributed by atoms with E-state index >= 15 is 0 Å². The van der Waals surface area contributed by atoms with Crippen LogP contribution in [0, 0.1) is 0 Å². The average Bonchev–Trinajstić information content (AvgIpc) is 3.03. The van der Waals surface area contributed by atoms with Crippen molar-refractivity contribution in [2.75, 3.05) is 13.7 Å². The van der Waals surface area contributed by atoms with Crippen LogP contribution >= 0.6 is 0 Å². The maximum atomic E-state index is 12.9. The molecule has 2 aromatic carbocycles. The van der Waals surface area contributed by atoms with Gasteiger partial charge in [-0.25, -0.2) is 0 Å². The van der Waals surface area contributed by atoms with Gasteiger partial charge in [-0.1, -0.05) is 48.5 Å². The van der Waals surface area contributed by atoms with Gasteiger partial charge in [-0.05, 0) is 36.5 Å². The smallest absolute Gasteiger partial charge is 0.223 e. The van der Waals surface area contributed by atoms with E-state index in [0.717, 1.165) is 25.8 Å². The lowest BCUT2D eigenvalue weighted by Gasteiger charge is -2.45. The Balaban J connectivity index is 1.70. The first-order chi connectivity index (χ1) is 13.8. The minimum absolute atomic E-state index is 0.131. The number of carbonyl (C=O) groups is 1. The summed E-state index contributed by atoms with van der Waals surface area (Å²) in [5.41, 5.74) is 5.31. The molecule has 0 radical (unpaired) electrons. The summed E-state index contributed by atoms with van der Waals surface area (Å²) < 4.78 is 7.97. The van der Waals surface area contributed by atoms with Gasteiger partial charge >= 0.3 is 0 Å². The van der Waals surface area contributed by atoms with Gasteiger partial charge in [0.1, 0.15) is 0 Å². The number of piperidine rings is 1. The van der Waals surface area contributed by atoms with Gasteiger partial charge in [0.25, 0.3) is 0 Å². The quantitative estimate of drug-likeness (QED) is 0.682. The molecule has 0 unspecified atom stereocenters. The van der Waals surface area contributed by atoms with E-state index in [2.05, 4.69) is 64.1 Å². The van der Waals surface area contributed by atoms with Gasteiger partial charge in [-0.3, -0.25) is 4.79 Å². The van der Waals surface area contributed by atoms with E-state index in [0.29, 0.717) is 13.0 Å². The van der Waals surface area contributed by atoms with Gasteiger partial charge in [0.2, 0.25) is 5.91 Å². The zero-order valence-corrected chi connectivity index (χ0v) is 16.3. The van der Waals surface area contributed by atoms with Gasteiger partial charge in [-0.2, -0.15) is 0 Å². The van der Waals surface area contributed by atoms with Crippen LogP contribution in [-0.2, 0) is 22.5 Å². The Morgan fingerprint density at radius 2 is 1.86 bits per heavy atom. The number of carbonyl (C=O) groups excluding carboxylic acids is 1. The second-order valence-corrected chi connectivity index (χ2v) is 7.98. The maximum absolute atomic E-state index is 12.9. The first-order valence-corrected chi connectivity index (χ1v) is 10.2. The number of nitrogens with zero attached hydrogens (tertiary/aromatic N) is 2. The van der Waals surface area contributed by atoms with Crippen molar-refractivity contribution in [1.82, 2.24) is 9.47 Å². The molecule has 4 nitrogen and oxygen atoms in total. The molecule has 2 aliphatic heterocycles. The van der Waals surface area contributed by atoms with Crippen molar-refractivity contribution >= 4 is 16.8 Å². The van der Waals surface area contributed by atoms with Crippen molar-refractivity contribution < 1.29 is 9.53 Å². The van der Waals surface area contributed by atoms with Crippen LogP contribution < -0.4 is 0 Å². The van der Waals surface area contributed by atoms with Crippen LogP contribution in [0.25, 0.3) is 10.9 Å². The largest absolute Gasteiger partial charge is 0.383 e. The van der Waals surface area contributed by atoms with E-state index in [9.17, 15) is 4.79 Å². The monoisotopic (exact) mass is 374 g/mol. The van der Waals surface area contributed by atoms with Crippen LogP contribution in [0.15, 0.2) is 54.6 Å². The molecular weight excluding hydrogens is 348 g/mol. The third-order valence-electron chi connectivity index (χ3n) is 6.30. The normalized spacial score (nSPS) is 21.6. The molecule has 0 bridgehead atoms. The summed E-state index contributed by atoms with van der Waals surface area (Å²) in [6, 6.07) is 19.6. The Kier molecular flexibility index (Phi) is 4.44. The van der Waals surface area contributed by atoms with Gasteiger partial charge in [-0.15, -0.1) is 0 Å². The standard InChI is InChI=1S/C24H26N2O2/c1-28-16-18-14-20-19-10-5-6-11-21(19)25(15-17-8-3-2-4-9-17)24(20)22-12-7-13-23(27)26(18)22/h2-6,8-11,18,22H,7,12-16H2,1H3/t18-,22+/m0/s1. The van der Waals surface area contributed by atoms with Gasteiger partial charge in [0.15, 0.2) is 0 Å². The highest BCUT2D eigenvalue weighted by molar-refractivity contribution is 5.87. The van der Waals surface area contributed by atoms with E-state index in [1.165, 1.54) is 27.7 Å². The van der Waals surface area contributed by atoms with Crippen LogP contribution in [-0.4, -0.2) is 35.1 Å². The second kappa shape index (κ2) is 7.10. The van der Waals surface area contributed by atoms with E-state index in [1.807, 2.05) is 0 Å². The SMILES string of the molecule is COC[C@@H]1Cc2c(n(Cc3ccccc3)c3ccccc23)[C@H]2CCCC(=O)N12. The van der Waals surface area contributed by atoms with Gasteiger partial charge in [0, 0.05) is 36.7 Å². The summed E-state index contributed by atoms with van der Waals surface area (Å²) in [6.07, 6.45) is 3.52. The molecule has 144 valence electrons. The zero-order chi connectivity index (χ0) is 19.1. The molecule has 0 N–H and O–H groups in total. The fourth-order valence-corrected chi connectivity index (χ4v) is 5.21. The van der Waals surface area contributed by atoms with Crippen molar-refractivity contribution in [3.05, 3.63) is 71.4 Å². The van der Waals surface area contributed by atoms with E-state index in [4.69, 9.17) is 4.74 Å². The summed E-state index contributed by atoms with van der Waals surface area (Å²) in [7, 11) is 1.73. The predicted molar refractivity (Wildman–Crippen MR) is 110 cm³/mol. The molecule has 0 aliphatic carbocycles. The van der Waals surface area contributed by atoms with Crippen LogP contribution in [0.2, 0.25) is 0 Å². The second-order valence-electron chi connectivity index (χ2n) is 7.98. The minimum Gasteiger partial charge on any atom is -0.383 e. The van der Waals surface area contributed by atoms with E-state index in [-0.39, 0.29) is 18.0 Å². The molecular formula is C24H26N2O2. The Morgan fingerprint density at radius 1 is 1.07 bits per heavy atom. The summed E-state index contributed by atoms with van der Waals surface area (Å²) in [4.78, 5) is 15.0. The molecule has 0 spiro atoms. The van der Waals surface area contributed by atoms with E-state index in [1.54, 1.807) is 7.11 Å². The Bertz CT molecular complexity index is 1010. The number of hydrogen-bond donors (Lipinski definition) is 0. The fraction of sp³-hybridized carbons (Fsp3) is 0.375. The Hall–Kier alpha value is -2.59. The third kappa shape index (κ3) is 2.75. The summed E-state index contributed by atoms with van der Waals surface area (Å²) in [6.45, 7) is 1.43. The molecule has 5 rings (SSSR count). The number of hydrogen-bond acceptors (Lipinski definition) is 2. The van der Waals surface area contributed by atoms with Crippen molar-refractivity contribution in [2.24, 2.45) is 0 Å². The summed E-state index contributed by atoms with van der Waals surface area (Å²) in [5.74, 6) is 0.278. The predicted octanol–water partition coefficient (Wildman–Crippen LogP) is 4.31. The molecule has 1 saturated heterocycles. The molecule has 4 heteroatoms. The number of rotatable bonds is 4. The lowest BCUT2D eigenvalue weighted by molar-refractivity contribution is -0.142. The van der Waals surface area contributed by atoms with E-state index < -0.39 is 0 Å². The number of aromatic nitrogens is 1. The summed E-state index contributed by atoms with van der Waals surface area (Å²) >= 11 is 0. The van der Waals surface area contributed by atoms with Gasteiger partial charge in [0.05, 0.1) is 18.7 Å². The highest BCUT2D eigenvalue weighted by Gasteiger charge is 2.42. The molecule has 1 fully saturated rings. The number of amides is 1. The average molecular weight is 374 g/mol. The topological polar surface area (TPSA) is 34.5 Å². The molecule has 0 saturated carbocycles. The Morgan fingerprint density at radius 3 is 2.68 bits per heavy atom. The molecule has 28 heavy (non-hydrogen) atoms. The van der Waals surface area contributed by atoms with Crippen LogP contribution in [0.3, 0.4) is 0 Å². The zero-order valence-electron chi connectivity index (χ0n) is 16.3. The maximum Gasteiger partial charge on any atom is 0.223 e. The molecule has 1 amide bonds. The first-order valence-electron chi connectivity index (χ1n) is 10.2. The van der Waals surface area contributed by atoms with Crippen molar-refractivity contribution in [1.29, 1.82) is 0 Å². The van der Waals surface area contributed by atoms with Crippen LogP contribution in [0.5, 0.6) is 0 Å². The number of ether oxygens (including phenoxy) is 1. The lowest BCUT2D eigenvalue weighted by Crippen LogP contribution is -2.51. The highest BCUT2D eigenvalue weighted by atomic mass is 16.5. The van der Waals surface area contributed by atoms with Crippen molar-refractivity contribution in [3.63, 3.8) is 0 Å². The fourth-order valence-electron chi connectivity index (χ4n) is 5.21. The van der Waals surface area contributed by atoms with Gasteiger partial charge < -0.3 is 14.2 Å².